The highest BCUT2D eigenvalue weighted by atomic mass is 32.2. The van der Waals surface area contributed by atoms with Crippen molar-refractivity contribution in [3.8, 4) is 0 Å². The molecule has 1 heterocycles. The van der Waals surface area contributed by atoms with Gasteiger partial charge in [0.15, 0.2) is 0 Å². The molecule has 0 radical (unpaired) electrons. The van der Waals surface area contributed by atoms with Gasteiger partial charge in [0.25, 0.3) is 0 Å². The van der Waals surface area contributed by atoms with E-state index in [2.05, 4.69) is 4.98 Å². The molecule has 0 aliphatic heterocycles. The summed E-state index contributed by atoms with van der Waals surface area (Å²) >= 11 is 1.12. The van der Waals surface area contributed by atoms with Gasteiger partial charge in [-0.15, -0.1) is 0 Å². The minimum Gasteiger partial charge on any atom is -0.315 e. The number of pyridine rings is 1. The molecule has 7 heteroatoms. The second kappa shape index (κ2) is 7.04. The maximum absolute atomic E-state index is 12.5. The number of benzene rings is 1. The van der Waals surface area contributed by atoms with E-state index in [9.17, 15) is 18.0 Å². The number of carbonyl (C=O) groups excluding carboxylic acids is 1. The molecule has 1 unspecified atom stereocenters. The SMILES string of the molecule is CC(Sc1ccc(C(F)(F)F)cn1)C(=O)N(C)c1ccccc1. The number of nitrogens with zero attached hydrogens (tertiary/aromatic N) is 2. The molecule has 1 amide bonds. The molecular formula is C16H15F3N2OS. The monoisotopic (exact) mass is 340 g/mol. The van der Waals surface area contributed by atoms with Crippen LogP contribution in [-0.2, 0) is 11.0 Å². The Balaban J connectivity index is 2.04. The molecule has 0 saturated carbocycles. The molecule has 0 spiro atoms. The Morgan fingerprint density at radius 1 is 1.17 bits per heavy atom. The van der Waals surface area contributed by atoms with E-state index in [1.807, 2.05) is 30.3 Å². The second-order valence-electron chi connectivity index (χ2n) is 4.88. The average Bonchev–Trinajstić information content (AvgIpc) is 2.54. The number of alkyl halides is 3. The van der Waals surface area contributed by atoms with Crippen molar-refractivity contribution in [2.75, 3.05) is 11.9 Å². The van der Waals surface area contributed by atoms with Gasteiger partial charge in [0.05, 0.1) is 15.8 Å². The van der Waals surface area contributed by atoms with E-state index < -0.39 is 17.0 Å². The van der Waals surface area contributed by atoms with Crippen molar-refractivity contribution >= 4 is 23.4 Å². The summed E-state index contributed by atoms with van der Waals surface area (Å²) in [5.41, 5.74) is -0.0486. The molecule has 0 fully saturated rings. The predicted molar refractivity (Wildman–Crippen MR) is 84.4 cm³/mol. The number of anilines is 1. The van der Waals surface area contributed by atoms with Gasteiger partial charge in [-0.2, -0.15) is 13.2 Å². The van der Waals surface area contributed by atoms with Crippen molar-refractivity contribution in [3.63, 3.8) is 0 Å². The Kier molecular flexibility index (Phi) is 5.30. The van der Waals surface area contributed by atoms with Crippen LogP contribution in [0.1, 0.15) is 12.5 Å². The molecule has 0 aliphatic carbocycles. The smallest absolute Gasteiger partial charge is 0.315 e. The lowest BCUT2D eigenvalue weighted by molar-refractivity contribution is -0.137. The Morgan fingerprint density at radius 2 is 1.83 bits per heavy atom. The van der Waals surface area contributed by atoms with Crippen LogP contribution in [0.15, 0.2) is 53.7 Å². The molecule has 0 aliphatic rings. The lowest BCUT2D eigenvalue weighted by Crippen LogP contribution is -2.33. The summed E-state index contributed by atoms with van der Waals surface area (Å²) < 4.78 is 37.5. The van der Waals surface area contributed by atoms with Crippen LogP contribution in [0.5, 0.6) is 0 Å². The van der Waals surface area contributed by atoms with E-state index in [4.69, 9.17) is 0 Å². The first-order valence-corrected chi connectivity index (χ1v) is 7.69. The highest BCUT2D eigenvalue weighted by Crippen LogP contribution is 2.30. The van der Waals surface area contributed by atoms with Gasteiger partial charge in [0.1, 0.15) is 0 Å². The summed E-state index contributed by atoms with van der Waals surface area (Å²) in [7, 11) is 1.66. The number of para-hydroxylation sites is 1. The van der Waals surface area contributed by atoms with Gasteiger partial charge in [-0.25, -0.2) is 4.98 Å². The van der Waals surface area contributed by atoms with E-state index in [0.29, 0.717) is 5.03 Å². The molecule has 122 valence electrons. The lowest BCUT2D eigenvalue weighted by Gasteiger charge is -2.21. The molecule has 1 aromatic carbocycles. The summed E-state index contributed by atoms with van der Waals surface area (Å²) in [6.07, 6.45) is -3.63. The third-order valence-electron chi connectivity index (χ3n) is 3.18. The van der Waals surface area contributed by atoms with E-state index in [-0.39, 0.29) is 5.91 Å². The number of rotatable bonds is 4. The average molecular weight is 340 g/mol. The van der Waals surface area contributed by atoms with Crippen LogP contribution in [0.2, 0.25) is 0 Å². The van der Waals surface area contributed by atoms with Crippen molar-refractivity contribution in [2.24, 2.45) is 0 Å². The number of carbonyl (C=O) groups is 1. The Labute approximate surface area is 136 Å². The zero-order valence-corrected chi connectivity index (χ0v) is 13.4. The lowest BCUT2D eigenvalue weighted by atomic mass is 10.3. The predicted octanol–water partition coefficient (Wildman–Crippen LogP) is 4.24. The molecular weight excluding hydrogens is 325 g/mol. The fourth-order valence-electron chi connectivity index (χ4n) is 1.90. The quantitative estimate of drug-likeness (QED) is 0.781. The number of aromatic nitrogens is 1. The molecule has 1 atom stereocenters. The van der Waals surface area contributed by atoms with E-state index >= 15 is 0 Å². The molecule has 23 heavy (non-hydrogen) atoms. The molecule has 2 aromatic rings. The topological polar surface area (TPSA) is 33.2 Å². The molecule has 2 rings (SSSR count). The van der Waals surface area contributed by atoms with Crippen LogP contribution < -0.4 is 4.90 Å². The van der Waals surface area contributed by atoms with Gasteiger partial charge in [-0.1, -0.05) is 30.0 Å². The molecule has 0 saturated heterocycles. The van der Waals surface area contributed by atoms with Gasteiger partial charge >= 0.3 is 6.18 Å². The molecule has 0 N–H and O–H groups in total. The van der Waals surface area contributed by atoms with Gasteiger partial charge in [0.2, 0.25) is 5.91 Å². The van der Waals surface area contributed by atoms with E-state index in [0.717, 1.165) is 29.7 Å². The summed E-state index contributed by atoms with van der Waals surface area (Å²) in [5.74, 6) is -0.150. The third-order valence-corrected chi connectivity index (χ3v) is 4.22. The van der Waals surface area contributed by atoms with Gasteiger partial charge < -0.3 is 4.90 Å². The first-order chi connectivity index (χ1) is 10.8. The number of hydrogen-bond donors (Lipinski definition) is 0. The Hall–Kier alpha value is -2.02. The summed E-state index contributed by atoms with van der Waals surface area (Å²) in [6.45, 7) is 1.70. The zero-order chi connectivity index (χ0) is 17.0. The molecule has 3 nitrogen and oxygen atoms in total. The minimum atomic E-state index is -4.41. The minimum absolute atomic E-state index is 0.150. The molecule has 0 bridgehead atoms. The number of thioether (sulfide) groups is 1. The summed E-state index contributed by atoms with van der Waals surface area (Å²) in [6, 6.07) is 11.4. The van der Waals surface area contributed by atoms with Gasteiger partial charge in [-0.3, -0.25) is 4.79 Å². The van der Waals surface area contributed by atoms with Crippen LogP contribution in [0.4, 0.5) is 18.9 Å². The largest absolute Gasteiger partial charge is 0.417 e. The summed E-state index contributed by atoms with van der Waals surface area (Å²) in [5, 5.41) is -0.0928. The number of halogens is 3. The fraction of sp³-hybridized carbons (Fsp3) is 0.250. The van der Waals surface area contributed by atoms with Gasteiger partial charge in [-0.05, 0) is 31.2 Å². The van der Waals surface area contributed by atoms with Crippen LogP contribution in [0.3, 0.4) is 0 Å². The standard InChI is InChI=1S/C16H15F3N2OS/c1-11(15(22)21(2)13-6-4-3-5-7-13)23-14-9-8-12(10-20-14)16(17,18)19/h3-11H,1-2H3. The molecule has 1 aromatic heterocycles. The second-order valence-corrected chi connectivity index (χ2v) is 6.24. The third kappa shape index (κ3) is 4.48. The normalized spacial score (nSPS) is 12.7. The Bertz CT molecular complexity index is 659. The zero-order valence-electron chi connectivity index (χ0n) is 12.5. The number of hydrogen-bond acceptors (Lipinski definition) is 3. The maximum Gasteiger partial charge on any atom is 0.417 e. The van der Waals surface area contributed by atoms with Crippen LogP contribution in [-0.4, -0.2) is 23.2 Å². The van der Waals surface area contributed by atoms with Crippen LogP contribution >= 0.6 is 11.8 Å². The van der Waals surface area contributed by atoms with E-state index in [1.54, 1.807) is 14.0 Å². The first-order valence-electron chi connectivity index (χ1n) is 6.81. The number of amides is 1. The Morgan fingerprint density at radius 3 is 2.35 bits per heavy atom. The van der Waals surface area contributed by atoms with E-state index in [1.165, 1.54) is 11.0 Å². The van der Waals surface area contributed by atoms with Crippen molar-refractivity contribution in [2.45, 2.75) is 23.4 Å². The van der Waals surface area contributed by atoms with Crippen molar-refractivity contribution in [3.05, 3.63) is 54.2 Å². The van der Waals surface area contributed by atoms with Crippen molar-refractivity contribution in [1.29, 1.82) is 0 Å². The van der Waals surface area contributed by atoms with Gasteiger partial charge in [0, 0.05) is 18.9 Å². The summed E-state index contributed by atoms with van der Waals surface area (Å²) in [4.78, 5) is 17.7. The fourth-order valence-corrected chi connectivity index (χ4v) is 2.78. The van der Waals surface area contributed by atoms with Crippen molar-refractivity contribution < 1.29 is 18.0 Å². The maximum atomic E-state index is 12.5. The van der Waals surface area contributed by atoms with Crippen LogP contribution in [0.25, 0.3) is 0 Å². The highest BCUT2D eigenvalue weighted by Gasteiger charge is 2.30. The van der Waals surface area contributed by atoms with Crippen LogP contribution in [0, 0.1) is 0 Å². The highest BCUT2D eigenvalue weighted by molar-refractivity contribution is 8.00. The first kappa shape index (κ1) is 17.3. The van der Waals surface area contributed by atoms with Crippen molar-refractivity contribution in [1.82, 2.24) is 4.98 Å².